The zero-order valence-electron chi connectivity index (χ0n) is 19.0. The third-order valence-corrected chi connectivity index (χ3v) is 9.20. The summed E-state index contributed by atoms with van der Waals surface area (Å²) in [5.74, 6) is -0.503. The molecule has 2 heterocycles. The number of benzene rings is 2. The van der Waals surface area contributed by atoms with E-state index in [1.807, 2.05) is 23.1 Å². The van der Waals surface area contributed by atoms with Gasteiger partial charge in [0.15, 0.2) is 0 Å². The van der Waals surface area contributed by atoms with Crippen LogP contribution in [0.15, 0.2) is 36.4 Å². The number of hydrogen-bond donors (Lipinski definition) is 0. The number of carbonyl (C=O) groups is 1. The number of halogens is 3. The van der Waals surface area contributed by atoms with E-state index in [4.69, 9.17) is 34.8 Å². The Labute approximate surface area is 216 Å². The average molecular weight is 545 g/mol. The van der Waals surface area contributed by atoms with Crippen molar-refractivity contribution in [1.29, 1.82) is 0 Å². The molecule has 2 aromatic rings. The van der Waals surface area contributed by atoms with Crippen LogP contribution in [0, 0.1) is 12.8 Å². The van der Waals surface area contributed by atoms with E-state index in [0.29, 0.717) is 53.1 Å². The highest BCUT2D eigenvalue weighted by atomic mass is 35.5. The number of amides is 1. The predicted molar refractivity (Wildman–Crippen MR) is 138 cm³/mol. The van der Waals surface area contributed by atoms with Crippen molar-refractivity contribution < 1.29 is 13.2 Å². The van der Waals surface area contributed by atoms with Gasteiger partial charge in [0.05, 0.1) is 11.7 Å². The lowest BCUT2D eigenvalue weighted by atomic mass is 9.97. The van der Waals surface area contributed by atoms with Crippen LogP contribution >= 0.6 is 34.8 Å². The van der Waals surface area contributed by atoms with E-state index in [0.717, 1.165) is 24.3 Å². The van der Waals surface area contributed by atoms with Gasteiger partial charge in [-0.2, -0.15) is 0 Å². The number of anilines is 1. The summed E-state index contributed by atoms with van der Waals surface area (Å²) in [5, 5.41) is 1.48. The number of aryl methyl sites for hydroxylation is 1. The molecule has 6 nitrogen and oxygen atoms in total. The Morgan fingerprint density at radius 3 is 2.35 bits per heavy atom. The van der Waals surface area contributed by atoms with Crippen LogP contribution < -0.4 is 4.90 Å². The molecule has 0 bridgehead atoms. The molecule has 0 aliphatic carbocycles. The quantitative estimate of drug-likeness (QED) is 0.540. The smallest absolute Gasteiger partial charge is 0.227 e. The average Bonchev–Trinajstić information content (AvgIpc) is 2.82. The topological polar surface area (TPSA) is 60.9 Å². The molecule has 34 heavy (non-hydrogen) atoms. The van der Waals surface area contributed by atoms with E-state index < -0.39 is 10.0 Å². The summed E-state index contributed by atoms with van der Waals surface area (Å²) >= 11 is 18.3. The molecule has 0 N–H and O–H groups in total. The van der Waals surface area contributed by atoms with Crippen molar-refractivity contribution in [3.8, 4) is 0 Å². The fourth-order valence-electron chi connectivity index (χ4n) is 4.67. The Balaban J connectivity index is 1.37. The van der Waals surface area contributed by atoms with Crippen molar-refractivity contribution in [3.05, 3.63) is 62.6 Å². The van der Waals surface area contributed by atoms with Crippen LogP contribution in [0.25, 0.3) is 0 Å². The molecule has 2 aliphatic heterocycles. The fourth-order valence-corrected chi connectivity index (χ4v) is 7.03. The summed E-state index contributed by atoms with van der Waals surface area (Å²) in [5.41, 5.74) is 2.75. The summed E-state index contributed by atoms with van der Waals surface area (Å²) in [6, 6.07) is 10.7. The second-order valence-electron chi connectivity index (χ2n) is 8.93. The van der Waals surface area contributed by atoms with Crippen LogP contribution in [-0.4, -0.2) is 62.8 Å². The maximum atomic E-state index is 13.3. The Kier molecular flexibility index (Phi) is 7.99. The van der Waals surface area contributed by atoms with E-state index >= 15 is 0 Å². The molecule has 4 rings (SSSR count). The SMILES string of the molecule is Cc1ccc(Cl)cc1N1CCN(C(=O)[C@@H]2CCCN(S(=O)(=O)Cc3ccc(Cl)cc3Cl)C2)CC1. The molecule has 2 aromatic carbocycles. The number of nitrogens with zero attached hydrogens (tertiary/aromatic N) is 3. The Morgan fingerprint density at radius 1 is 0.971 bits per heavy atom. The minimum absolute atomic E-state index is 0.0342. The summed E-state index contributed by atoms with van der Waals surface area (Å²) in [6.07, 6.45) is 1.35. The lowest BCUT2D eigenvalue weighted by molar-refractivity contribution is -0.137. The first-order valence-corrected chi connectivity index (χ1v) is 14.1. The van der Waals surface area contributed by atoms with Gasteiger partial charge in [-0.05, 0) is 55.2 Å². The molecule has 1 atom stereocenters. The van der Waals surface area contributed by atoms with Gasteiger partial charge in [-0.25, -0.2) is 12.7 Å². The lowest BCUT2D eigenvalue weighted by Crippen LogP contribution is -2.53. The van der Waals surface area contributed by atoms with Crippen molar-refractivity contribution in [3.63, 3.8) is 0 Å². The molecule has 0 aromatic heterocycles. The third-order valence-electron chi connectivity index (χ3n) is 6.58. The molecule has 0 saturated carbocycles. The zero-order valence-corrected chi connectivity index (χ0v) is 22.1. The number of rotatable bonds is 5. The van der Waals surface area contributed by atoms with Crippen molar-refractivity contribution >= 4 is 56.4 Å². The first kappa shape index (κ1) is 25.6. The highest BCUT2D eigenvalue weighted by molar-refractivity contribution is 7.88. The Bertz CT molecular complexity index is 1170. The number of sulfonamides is 1. The lowest BCUT2D eigenvalue weighted by Gasteiger charge is -2.40. The van der Waals surface area contributed by atoms with Crippen LogP contribution in [0.3, 0.4) is 0 Å². The zero-order chi connectivity index (χ0) is 24.5. The summed E-state index contributed by atoms with van der Waals surface area (Å²) in [7, 11) is -3.61. The van der Waals surface area contributed by atoms with Gasteiger partial charge in [0.2, 0.25) is 15.9 Å². The molecular formula is C24H28Cl3N3O3S. The first-order valence-electron chi connectivity index (χ1n) is 11.4. The Morgan fingerprint density at radius 2 is 1.65 bits per heavy atom. The summed E-state index contributed by atoms with van der Waals surface area (Å²) in [4.78, 5) is 17.4. The van der Waals surface area contributed by atoms with Crippen LogP contribution in [-0.2, 0) is 20.6 Å². The maximum Gasteiger partial charge on any atom is 0.227 e. The molecule has 0 unspecified atom stereocenters. The summed E-state index contributed by atoms with van der Waals surface area (Å²) < 4.78 is 27.6. The predicted octanol–water partition coefficient (Wildman–Crippen LogP) is 4.85. The largest absolute Gasteiger partial charge is 0.368 e. The van der Waals surface area contributed by atoms with Gasteiger partial charge in [0.1, 0.15) is 0 Å². The molecule has 0 radical (unpaired) electrons. The highest BCUT2D eigenvalue weighted by Gasteiger charge is 2.35. The number of piperidine rings is 1. The van der Waals surface area contributed by atoms with Gasteiger partial charge in [0, 0.05) is 60.0 Å². The van der Waals surface area contributed by atoms with Crippen molar-refractivity contribution in [2.75, 3.05) is 44.2 Å². The third kappa shape index (κ3) is 5.82. The molecule has 1 amide bonds. The van der Waals surface area contributed by atoms with Gasteiger partial charge in [0.25, 0.3) is 0 Å². The summed E-state index contributed by atoms with van der Waals surface area (Å²) in [6.45, 7) is 5.33. The van der Waals surface area contributed by atoms with E-state index in [1.54, 1.807) is 18.2 Å². The van der Waals surface area contributed by atoms with E-state index in [-0.39, 0.29) is 24.1 Å². The number of piperazine rings is 1. The highest BCUT2D eigenvalue weighted by Crippen LogP contribution is 2.28. The van der Waals surface area contributed by atoms with Crippen LogP contribution in [0.5, 0.6) is 0 Å². The molecule has 10 heteroatoms. The van der Waals surface area contributed by atoms with Crippen LogP contribution in [0.4, 0.5) is 5.69 Å². The molecular weight excluding hydrogens is 517 g/mol. The monoisotopic (exact) mass is 543 g/mol. The molecule has 0 spiro atoms. The van der Waals surface area contributed by atoms with E-state index in [9.17, 15) is 13.2 Å². The minimum atomic E-state index is -3.61. The number of hydrogen-bond acceptors (Lipinski definition) is 4. The van der Waals surface area contributed by atoms with Crippen molar-refractivity contribution in [2.24, 2.45) is 5.92 Å². The second-order valence-corrected chi connectivity index (χ2v) is 12.2. The van der Waals surface area contributed by atoms with Crippen LogP contribution in [0.1, 0.15) is 24.0 Å². The van der Waals surface area contributed by atoms with Crippen molar-refractivity contribution in [1.82, 2.24) is 9.21 Å². The first-order chi connectivity index (χ1) is 16.1. The minimum Gasteiger partial charge on any atom is -0.368 e. The van der Waals surface area contributed by atoms with Gasteiger partial charge in [-0.1, -0.05) is 46.9 Å². The number of carbonyl (C=O) groups excluding carboxylic acids is 1. The van der Waals surface area contributed by atoms with Gasteiger partial charge in [-0.3, -0.25) is 4.79 Å². The fraction of sp³-hybridized carbons (Fsp3) is 0.458. The Hall–Kier alpha value is -1.51. The molecule has 2 fully saturated rings. The second kappa shape index (κ2) is 10.6. The molecule has 184 valence electrons. The van der Waals surface area contributed by atoms with Crippen LogP contribution in [0.2, 0.25) is 15.1 Å². The maximum absolute atomic E-state index is 13.3. The van der Waals surface area contributed by atoms with E-state index in [1.165, 1.54) is 4.31 Å². The van der Waals surface area contributed by atoms with Gasteiger partial charge < -0.3 is 9.80 Å². The standard InChI is InChI=1S/C24H28Cl3N3O3S/c1-17-4-6-21(26)14-23(17)28-9-11-29(12-10-28)24(31)18-3-2-8-30(15-18)34(32,33)16-19-5-7-20(25)13-22(19)27/h4-7,13-14,18H,2-3,8-12,15-16H2,1H3/t18-/m1/s1. The molecule has 2 saturated heterocycles. The van der Waals surface area contributed by atoms with Gasteiger partial charge in [-0.15, -0.1) is 0 Å². The normalized spacial score (nSPS) is 19.9. The molecule has 2 aliphatic rings. The van der Waals surface area contributed by atoms with Gasteiger partial charge >= 0.3 is 0 Å². The van der Waals surface area contributed by atoms with E-state index in [2.05, 4.69) is 11.8 Å². The van der Waals surface area contributed by atoms with Crippen molar-refractivity contribution in [2.45, 2.75) is 25.5 Å².